The van der Waals surface area contributed by atoms with Gasteiger partial charge in [0.15, 0.2) is 29.3 Å². The summed E-state index contributed by atoms with van der Waals surface area (Å²) in [4.78, 5) is 128. The largest absolute Gasteiger partial charge is 0.493 e. The number of ketones is 3. The second-order valence-electron chi connectivity index (χ2n) is 25.8. The Bertz CT molecular complexity index is 3550. The zero-order chi connectivity index (χ0) is 69.7. The summed E-state index contributed by atoms with van der Waals surface area (Å²) in [5.74, 6) is -2.14. The number of nitrogens with zero attached hydrogens (tertiary/aromatic N) is 4. The number of carbonyl (C=O) groups excluding carboxylic acids is 9. The van der Waals surface area contributed by atoms with Crippen molar-refractivity contribution in [3.05, 3.63) is 136 Å². The number of aryl methyl sites for hydroxylation is 1. The van der Waals surface area contributed by atoms with Crippen molar-refractivity contribution in [3.8, 4) is 17.2 Å². The highest BCUT2D eigenvalue weighted by Crippen LogP contribution is 2.42. The Labute approximate surface area is 560 Å². The first kappa shape index (κ1) is 72.9. The fraction of sp³-hybridized carbons (Fsp3) is 0.486. The van der Waals surface area contributed by atoms with Gasteiger partial charge in [-0.1, -0.05) is 101 Å². The molecule has 0 unspecified atom stereocenters. The molecule has 0 bridgehead atoms. The number of methoxy groups -OCH3 is 2. The van der Waals surface area contributed by atoms with Crippen molar-refractivity contribution in [2.45, 2.75) is 143 Å². The second kappa shape index (κ2) is 33.1. The Morgan fingerprint density at radius 1 is 0.635 bits per heavy atom. The van der Waals surface area contributed by atoms with Crippen LogP contribution in [0.4, 0.5) is 21.0 Å². The summed E-state index contributed by atoms with van der Waals surface area (Å²) >= 11 is 0. The van der Waals surface area contributed by atoms with Crippen LogP contribution in [0.3, 0.4) is 0 Å². The van der Waals surface area contributed by atoms with Gasteiger partial charge < -0.3 is 64.4 Å². The molecule has 4 aliphatic rings. The molecule has 2 saturated heterocycles. The van der Waals surface area contributed by atoms with Crippen LogP contribution in [-0.4, -0.2) is 171 Å². The van der Waals surface area contributed by atoms with Gasteiger partial charge in [0, 0.05) is 70.4 Å². The zero-order valence-electron chi connectivity index (χ0n) is 56.4. The molecule has 4 heterocycles. The molecule has 516 valence electrons. The number of benzene rings is 4. The van der Waals surface area contributed by atoms with Gasteiger partial charge in [0.05, 0.1) is 99.4 Å². The van der Waals surface area contributed by atoms with E-state index >= 15 is 0 Å². The lowest BCUT2D eigenvalue weighted by molar-refractivity contribution is -0.133. The number of fused-ring (bicyclic) bond motifs is 4. The first-order valence-electron chi connectivity index (χ1n) is 32.6. The van der Waals surface area contributed by atoms with Crippen molar-refractivity contribution >= 4 is 64.5 Å². The van der Waals surface area contributed by atoms with Crippen molar-refractivity contribution in [2.24, 2.45) is 23.5 Å². The van der Waals surface area contributed by atoms with Gasteiger partial charge in [-0.3, -0.25) is 38.5 Å². The van der Waals surface area contributed by atoms with Crippen LogP contribution in [0.25, 0.3) is 0 Å². The minimum atomic E-state index is -1.53. The number of aliphatic hydroxyl groups excluding tert-OH is 1. The van der Waals surface area contributed by atoms with Gasteiger partial charge in [-0.15, -0.1) is 0 Å². The summed E-state index contributed by atoms with van der Waals surface area (Å²) in [6, 6.07) is 16.5. The lowest BCUT2D eigenvalue weighted by atomic mass is 9.88. The first-order valence-corrected chi connectivity index (χ1v) is 32.6. The Hall–Kier alpha value is -8.97. The number of hydrogen-bond acceptors (Lipinski definition) is 18. The van der Waals surface area contributed by atoms with Crippen LogP contribution in [0.5, 0.6) is 17.2 Å². The number of nitrogens with two attached hydrogens (primary N) is 1. The smallest absolute Gasteiger partial charge is 0.416 e. The maximum atomic E-state index is 14.3. The lowest BCUT2D eigenvalue weighted by Gasteiger charge is -2.31. The van der Waals surface area contributed by atoms with Crippen LogP contribution in [0, 0.1) is 24.7 Å². The van der Waals surface area contributed by atoms with E-state index < -0.39 is 66.4 Å². The Morgan fingerprint density at radius 3 is 1.77 bits per heavy atom. The summed E-state index contributed by atoms with van der Waals surface area (Å²) in [6.45, 7) is 21.9. The van der Waals surface area contributed by atoms with Crippen molar-refractivity contribution < 1.29 is 81.4 Å². The zero-order valence-corrected chi connectivity index (χ0v) is 56.4. The van der Waals surface area contributed by atoms with Gasteiger partial charge in [-0.05, 0) is 85.4 Å². The molecule has 6 amide bonds. The predicted octanol–water partition coefficient (Wildman–Crippen LogP) is 7.53. The molecule has 0 spiro atoms. The molecule has 24 nitrogen and oxygen atoms in total. The molecule has 0 aromatic heterocycles. The summed E-state index contributed by atoms with van der Waals surface area (Å²) < 4.78 is 40.5. The molecule has 8 rings (SSSR count). The molecule has 0 saturated carbocycles. The van der Waals surface area contributed by atoms with Gasteiger partial charge in [-0.2, -0.15) is 0 Å². The number of Topliss-reactive ketones (excluding diaryl/α,β-unsaturated/α-hetero) is 3. The third-order valence-corrected chi connectivity index (χ3v) is 17.8. The number of carbonyl (C=O) groups is 9. The molecule has 0 radical (unpaired) electrons. The average Bonchev–Trinajstić information content (AvgIpc) is 1.59. The number of aliphatic hydroxyl groups is 1. The fourth-order valence-electron chi connectivity index (χ4n) is 11.9. The molecule has 24 heteroatoms. The number of amides is 6. The summed E-state index contributed by atoms with van der Waals surface area (Å²) in [5.41, 5.74) is 11.3. The van der Waals surface area contributed by atoms with Crippen molar-refractivity contribution in [1.82, 2.24) is 20.4 Å². The first-order chi connectivity index (χ1) is 45.8. The van der Waals surface area contributed by atoms with Crippen LogP contribution >= 0.6 is 0 Å². The van der Waals surface area contributed by atoms with Crippen molar-refractivity contribution in [3.63, 3.8) is 0 Å². The summed E-state index contributed by atoms with van der Waals surface area (Å²) in [7, 11) is 3.00. The highest BCUT2D eigenvalue weighted by atomic mass is 16.6. The van der Waals surface area contributed by atoms with Gasteiger partial charge in [0.2, 0.25) is 11.8 Å². The van der Waals surface area contributed by atoms with Crippen molar-refractivity contribution in [1.29, 1.82) is 0 Å². The van der Waals surface area contributed by atoms with Crippen LogP contribution < -0.4 is 40.4 Å². The molecule has 4 aromatic carbocycles. The van der Waals surface area contributed by atoms with Crippen LogP contribution in [0.2, 0.25) is 0 Å². The Morgan fingerprint density at radius 2 is 1.18 bits per heavy atom. The third kappa shape index (κ3) is 18.1. The maximum absolute atomic E-state index is 14.3. The van der Waals surface area contributed by atoms with Gasteiger partial charge in [0.25, 0.3) is 11.8 Å². The molecule has 5 N–H and O–H groups in total. The molecular formula is C72H91N7O17. The van der Waals surface area contributed by atoms with Gasteiger partial charge in [0.1, 0.15) is 24.7 Å². The van der Waals surface area contributed by atoms with E-state index in [-0.39, 0.29) is 160 Å². The standard InChI is InChI=1S/C72H91N7O17/c1-41(2)54(32-53(80)21-24-92-26-25-90-10)66(83)74-46(8)60(81)30-48-13-17-50(18-14-48)39-95-71(88)78-38-52-27-43(5)36-76(52)68(85)56-33-63(91-11)64(34-57(56)78)94-23-12-22-93-62-35-58-55(29-45(62)7)69(86)77-37-44(6)28-59(77)70(87)79(58)72(89)96-40-51-19-15-49(16-20-51)31-61(82)47(9)75-67(84)65(73)42(3)4/h13-20,29,33-35,41-42,46-47,52,54,59,65,70,87H,5-6,12,21-28,30-32,36-40,73H2,1-4,7-11H3,(H,74,83)(H,75,84)/t46-,47-,52-,54-,59-,65-,70-/m0/s1. The van der Waals surface area contributed by atoms with Crippen LogP contribution in [0.15, 0.2) is 97.1 Å². The molecule has 4 aliphatic heterocycles. The van der Waals surface area contributed by atoms with Gasteiger partial charge >= 0.3 is 12.2 Å². The molecule has 96 heavy (non-hydrogen) atoms. The highest BCUT2D eigenvalue weighted by Gasteiger charge is 2.47. The van der Waals surface area contributed by atoms with E-state index in [0.29, 0.717) is 65.3 Å². The second-order valence-corrected chi connectivity index (χ2v) is 25.8. The van der Waals surface area contributed by atoms with E-state index in [4.69, 9.17) is 38.9 Å². The monoisotopic (exact) mass is 1330 g/mol. The number of rotatable bonds is 31. The molecule has 0 aliphatic carbocycles. The number of nitrogens with one attached hydrogen (secondary N) is 2. The van der Waals surface area contributed by atoms with Crippen LogP contribution in [0.1, 0.15) is 122 Å². The van der Waals surface area contributed by atoms with E-state index in [1.165, 1.54) is 29.0 Å². The van der Waals surface area contributed by atoms with E-state index in [0.717, 1.165) is 10.5 Å². The van der Waals surface area contributed by atoms with Gasteiger partial charge in [-0.25, -0.2) is 14.5 Å². The SMILES string of the molecule is C=C1C[C@H]2CN(C(=O)OCc3ccc(CC(=O)[C@H](C)NC(=O)[C@@H](CC(=O)CCOCCOC)C(C)C)cc3)c3cc(OCCCOc4cc5c(cc4C)C(=O)N4CC(=C)C[C@H]4[C@H](O)N5C(=O)OCc4ccc(CC(=O)[C@H](C)NC(=O)[C@@H](N)C(C)C)cc4)c(OC)cc3C(=O)N2C1. The molecule has 2 fully saturated rings. The lowest BCUT2D eigenvalue weighted by Crippen LogP contribution is -2.50. The summed E-state index contributed by atoms with van der Waals surface area (Å²) in [6.07, 6.45) is -1.92. The summed E-state index contributed by atoms with van der Waals surface area (Å²) in [5, 5.41) is 17.5. The topological polar surface area (TPSA) is 302 Å². The predicted molar refractivity (Wildman–Crippen MR) is 357 cm³/mol. The highest BCUT2D eigenvalue weighted by molar-refractivity contribution is 6.07. The van der Waals surface area contributed by atoms with E-state index in [2.05, 4.69) is 23.8 Å². The van der Waals surface area contributed by atoms with E-state index in [1.54, 1.807) is 93.4 Å². The average molecular weight is 1330 g/mol. The minimum Gasteiger partial charge on any atom is -0.493 e. The van der Waals surface area contributed by atoms with E-state index in [1.807, 2.05) is 27.7 Å². The molecule has 4 aromatic rings. The van der Waals surface area contributed by atoms with Crippen molar-refractivity contribution in [2.75, 3.05) is 76.7 Å². The number of ether oxygens (including phenoxy) is 7. The molecule has 7 atom stereocenters. The Kier molecular flexibility index (Phi) is 25.1. The van der Waals surface area contributed by atoms with E-state index in [9.17, 15) is 48.3 Å². The quantitative estimate of drug-likeness (QED) is 0.0280. The van der Waals surface area contributed by atoms with Crippen LogP contribution in [-0.2, 0) is 69.0 Å². The third-order valence-electron chi connectivity index (χ3n) is 17.8. The maximum Gasteiger partial charge on any atom is 0.416 e. The normalized spacial score (nSPS) is 17.9. The number of hydrogen-bond donors (Lipinski definition) is 4. The Balaban J connectivity index is 0.892. The number of anilines is 2. The minimum absolute atomic E-state index is 0.0163. The molecular weight excluding hydrogens is 1230 g/mol. The fourth-order valence-corrected chi connectivity index (χ4v) is 11.9.